The van der Waals surface area contributed by atoms with Crippen molar-refractivity contribution in [1.82, 2.24) is 0 Å². The lowest BCUT2D eigenvalue weighted by atomic mass is 10.1. The van der Waals surface area contributed by atoms with Gasteiger partial charge in [0, 0.05) is 6.42 Å². The van der Waals surface area contributed by atoms with Gasteiger partial charge >= 0.3 is 11.9 Å². The van der Waals surface area contributed by atoms with E-state index in [2.05, 4.69) is 6.92 Å². The fourth-order valence-electron chi connectivity index (χ4n) is 2.01. The molecule has 1 aromatic rings. The van der Waals surface area contributed by atoms with Crippen LogP contribution in [-0.2, 0) is 9.53 Å². The van der Waals surface area contributed by atoms with Crippen molar-refractivity contribution < 1.29 is 14.3 Å². The van der Waals surface area contributed by atoms with Crippen molar-refractivity contribution >= 4 is 11.9 Å². The van der Waals surface area contributed by atoms with Gasteiger partial charge < -0.3 is 4.74 Å². The van der Waals surface area contributed by atoms with Crippen LogP contribution >= 0.6 is 0 Å². The Kier molecular flexibility index (Phi) is 8.36. The first kappa shape index (κ1) is 16.4. The maximum atomic E-state index is 11.6. The molecule has 0 N–H and O–H groups in total. The van der Waals surface area contributed by atoms with E-state index in [1.807, 2.05) is 6.07 Å². The lowest BCUT2D eigenvalue weighted by molar-refractivity contribution is -0.138. The zero-order valence-electron chi connectivity index (χ0n) is 12.3. The minimum absolute atomic E-state index is 0.326. The average Bonchev–Trinajstić information content (AvgIpc) is 2.47. The van der Waals surface area contributed by atoms with Crippen molar-refractivity contribution in [3.8, 4) is 0 Å². The molecule has 0 spiro atoms. The molecule has 0 saturated carbocycles. The van der Waals surface area contributed by atoms with Gasteiger partial charge in [0.2, 0.25) is 0 Å². The second kappa shape index (κ2) is 10.2. The zero-order chi connectivity index (χ0) is 14.6. The van der Waals surface area contributed by atoms with Crippen LogP contribution < -0.4 is 0 Å². The molecule has 0 amide bonds. The molecule has 3 heteroatoms. The molecule has 0 unspecified atom stereocenters. The molecule has 20 heavy (non-hydrogen) atoms. The van der Waals surface area contributed by atoms with Crippen molar-refractivity contribution in [2.75, 3.05) is 0 Å². The third-order valence-corrected chi connectivity index (χ3v) is 3.20. The molecule has 0 atom stereocenters. The minimum Gasteiger partial charge on any atom is -0.389 e. The summed E-state index contributed by atoms with van der Waals surface area (Å²) in [4.78, 5) is 23.1. The van der Waals surface area contributed by atoms with Crippen LogP contribution in [0.5, 0.6) is 0 Å². The Balaban J connectivity index is 2.10. The van der Waals surface area contributed by atoms with Crippen LogP contribution in [0.1, 0.15) is 68.6 Å². The summed E-state index contributed by atoms with van der Waals surface area (Å²) in [6.45, 7) is 2.19. The zero-order valence-corrected chi connectivity index (χ0v) is 12.3. The largest absolute Gasteiger partial charge is 0.389 e. The second-order valence-electron chi connectivity index (χ2n) is 5.00. The summed E-state index contributed by atoms with van der Waals surface area (Å²) in [7, 11) is 0. The molecule has 0 aliphatic rings. The Morgan fingerprint density at radius 3 is 2.15 bits per heavy atom. The van der Waals surface area contributed by atoms with Gasteiger partial charge in [-0.15, -0.1) is 0 Å². The molecular weight excluding hydrogens is 252 g/mol. The first-order valence-electron chi connectivity index (χ1n) is 7.54. The van der Waals surface area contributed by atoms with Crippen molar-refractivity contribution in [2.45, 2.75) is 58.3 Å². The van der Waals surface area contributed by atoms with E-state index in [0.29, 0.717) is 12.0 Å². The van der Waals surface area contributed by atoms with Crippen LogP contribution in [0.25, 0.3) is 0 Å². The van der Waals surface area contributed by atoms with Crippen molar-refractivity contribution in [3.05, 3.63) is 35.9 Å². The Hall–Kier alpha value is -1.64. The fourth-order valence-corrected chi connectivity index (χ4v) is 2.01. The maximum Gasteiger partial charge on any atom is 0.345 e. The molecule has 1 aromatic carbocycles. The highest BCUT2D eigenvalue weighted by atomic mass is 16.6. The molecule has 1 rings (SSSR count). The Morgan fingerprint density at radius 1 is 0.900 bits per heavy atom. The van der Waals surface area contributed by atoms with Gasteiger partial charge in [0.05, 0.1) is 5.56 Å². The highest BCUT2D eigenvalue weighted by Crippen LogP contribution is 2.09. The summed E-state index contributed by atoms with van der Waals surface area (Å²) in [5.74, 6) is -0.981. The number of unbranched alkanes of at least 4 members (excludes halogenated alkanes) is 6. The predicted octanol–water partition coefficient (Wildman–Crippen LogP) is 4.51. The normalized spacial score (nSPS) is 10.2. The van der Waals surface area contributed by atoms with E-state index in [9.17, 15) is 9.59 Å². The van der Waals surface area contributed by atoms with E-state index < -0.39 is 11.9 Å². The lowest BCUT2D eigenvalue weighted by Gasteiger charge is -2.03. The van der Waals surface area contributed by atoms with Crippen LogP contribution in [0.15, 0.2) is 30.3 Å². The van der Waals surface area contributed by atoms with Crippen LogP contribution in [0, 0.1) is 0 Å². The number of hydrogen-bond donors (Lipinski definition) is 0. The van der Waals surface area contributed by atoms with E-state index in [1.165, 1.54) is 25.7 Å². The van der Waals surface area contributed by atoms with Gasteiger partial charge in [0.15, 0.2) is 0 Å². The summed E-state index contributed by atoms with van der Waals surface area (Å²) >= 11 is 0. The van der Waals surface area contributed by atoms with E-state index in [-0.39, 0.29) is 0 Å². The van der Waals surface area contributed by atoms with Gasteiger partial charge in [-0.3, -0.25) is 4.79 Å². The number of esters is 2. The third-order valence-electron chi connectivity index (χ3n) is 3.20. The number of rotatable bonds is 9. The van der Waals surface area contributed by atoms with E-state index in [1.54, 1.807) is 24.3 Å². The van der Waals surface area contributed by atoms with Gasteiger partial charge in [-0.2, -0.15) is 0 Å². The third kappa shape index (κ3) is 7.07. The number of benzene rings is 1. The number of hydrogen-bond acceptors (Lipinski definition) is 3. The summed E-state index contributed by atoms with van der Waals surface area (Å²) < 4.78 is 4.80. The topological polar surface area (TPSA) is 43.4 Å². The Bertz CT molecular complexity index is 398. The van der Waals surface area contributed by atoms with E-state index >= 15 is 0 Å². The van der Waals surface area contributed by atoms with Crippen molar-refractivity contribution in [1.29, 1.82) is 0 Å². The molecule has 3 nitrogen and oxygen atoms in total. The monoisotopic (exact) mass is 276 g/mol. The fraction of sp³-hybridized carbons (Fsp3) is 0.529. The summed E-state index contributed by atoms with van der Waals surface area (Å²) in [5.41, 5.74) is 0.417. The second-order valence-corrected chi connectivity index (χ2v) is 5.00. The Morgan fingerprint density at radius 2 is 1.50 bits per heavy atom. The van der Waals surface area contributed by atoms with Gasteiger partial charge in [-0.25, -0.2) is 4.79 Å². The molecule has 0 aliphatic carbocycles. The summed E-state index contributed by atoms with van der Waals surface area (Å²) in [6, 6.07) is 8.60. The SMILES string of the molecule is CCCCCCCCCC(=O)OC(=O)c1ccccc1. The molecule has 0 aromatic heterocycles. The first-order valence-corrected chi connectivity index (χ1v) is 7.54. The van der Waals surface area contributed by atoms with Gasteiger partial charge in [0.1, 0.15) is 0 Å². The molecule has 0 heterocycles. The quantitative estimate of drug-likeness (QED) is 0.378. The van der Waals surface area contributed by atoms with Gasteiger partial charge in [-0.1, -0.05) is 63.6 Å². The van der Waals surface area contributed by atoms with Gasteiger partial charge in [0.25, 0.3) is 0 Å². The first-order chi connectivity index (χ1) is 9.74. The molecule has 110 valence electrons. The molecular formula is C17H24O3. The standard InChI is InChI=1S/C17H24O3/c1-2-3-4-5-6-7-11-14-16(18)20-17(19)15-12-9-8-10-13-15/h8-10,12-13H,2-7,11,14H2,1H3. The van der Waals surface area contributed by atoms with E-state index in [4.69, 9.17) is 4.74 Å². The van der Waals surface area contributed by atoms with Crippen LogP contribution in [0.3, 0.4) is 0 Å². The number of carbonyl (C=O) groups is 2. The molecule has 0 radical (unpaired) electrons. The predicted molar refractivity (Wildman–Crippen MR) is 79.5 cm³/mol. The highest BCUT2D eigenvalue weighted by Gasteiger charge is 2.11. The molecule has 0 fully saturated rings. The van der Waals surface area contributed by atoms with Gasteiger partial charge in [-0.05, 0) is 18.6 Å². The van der Waals surface area contributed by atoms with Crippen molar-refractivity contribution in [3.63, 3.8) is 0 Å². The molecule has 0 saturated heterocycles. The summed E-state index contributed by atoms with van der Waals surface area (Å²) in [6.07, 6.45) is 8.33. The Labute approximate surface area is 121 Å². The smallest absolute Gasteiger partial charge is 0.345 e. The van der Waals surface area contributed by atoms with Crippen LogP contribution in [0.2, 0.25) is 0 Å². The van der Waals surface area contributed by atoms with Crippen LogP contribution in [-0.4, -0.2) is 11.9 Å². The average molecular weight is 276 g/mol. The van der Waals surface area contributed by atoms with Crippen LogP contribution in [0.4, 0.5) is 0 Å². The van der Waals surface area contributed by atoms with Crippen molar-refractivity contribution in [2.24, 2.45) is 0 Å². The molecule has 0 aliphatic heterocycles. The lowest BCUT2D eigenvalue weighted by Crippen LogP contribution is -2.12. The van der Waals surface area contributed by atoms with E-state index in [0.717, 1.165) is 19.3 Å². The highest BCUT2D eigenvalue weighted by molar-refractivity contribution is 5.96. The maximum absolute atomic E-state index is 11.6. The number of carbonyl (C=O) groups excluding carboxylic acids is 2. The minimum atomic E-state index is -0.557. The molecule has 0 bridgehead atoms. The summed E-state index contributed by atoms with van der Waals surface area (Å²) in [5, 5.41) is 0. The number of ether oxygens (including phenoxy) is 1.